The lowest BCUT2D eigenvalue weighted by atomic mass is 9.94. The number of likely N-dealkylation sites (N-methyl/N-ethyl adjacent to an activating group) is 1. The molecule has 1 aromatic rings. The summed E-state index contributed by atoms with van der Waals surface area (Å²) in [5.74, 6) is -0.338. The monoisotopic (exact) mass is 293 g/mol. The summed E-state index contributed by atoms with van der Waals surface area (Å²) in [6.07, 6.45) is 3.24. The topological polar surface area (TPSA) is 68.5 Å². The van der Waals surface area contributed by atoms with Gasteiger partial charge in [-0.2, -0.15) is 0 Å². The van der Waals surface area contributed by atoms with E-state index in [-0.39, 0.29) is 12.0 Å². The van der Waals surface area contributed by atoms with E-state index in [9.17, 15) is 4.79 Å². The first-order valence-electron chi connectivity index (χ1n) is 7.43. The summed E-state index contributed by atoms with van der Waals surface area (Å²) in [5, 5.41) is 0. The van der Waals surface area contributed by atoms with Crippen LogP contribution in [0.15, 0.2) is 24.4 Å². The molecule has 0 aliphatic heterocycles. The van der Waals surface area contributed by atoms with Crippen LogP contribution >= 0.6 is 0 Å². The maximum absolute atomic E-state index is 11.8. The van der Waals surface area contributed by atoms with Gasteiger partial charge in [-0.1, -0.05) is 6.07 Å². The van der Waals surface area contributed by atoms with Crippen molar-refractivity contribution >= 4 is 5.97 Å². The number of nitrogens with zero attached hydrogens (tertiary/aromatic N) is 2. The smallest absolute Gasteiger partial charge is 0.325 e. The van der Waals surface area contributed by atoms with Gasteiger partial charge >= 0.3 is 5.97 Å². The number of aromatic nitrogens is 1. The minimum atomic E-state index is -0.950. The van der Waals surface area contributed by atoms with Crippen LogP contribution in [0.2, 0.25) is 0 Å². The average Bonchev–Trinajstić information content (AvgIpc) is 2.45. The molecule has 5 heteroatoms. The van der Waals surface area contributed by atoms with Crippen LogP contribution in [0.5, 0.6) is 0 Å². The van der Waals surface area contributed by atoms with Crippen LogP contribution in [0.4, 0.5) is 0 Å². The Balaban J connectivity index is 2.46. The van der Waals surface area contributed by atoms with Gasteiger partial charge in [-0.15, -0.1) is 0 Å². The van der Waals surface area contributed by atoms with E-state index in [0.29, 0.717) is 13.0 Å². The van der Waals surface area contributed by atoms with Crippen LogP contribution in [0, 0.1) is 0 Å². The number of hydrogen-bond donors (Lipinski definition) is 1. The van der Waals surface area contributed by atoms with Crippen LogP contribution < -0.4 is 5.73 Å². The highest BCUT2D eigenvalue weighted by Crippen LogP contribution is 2.15. The van der Waals surface area contributed by atoms with Crippen LogP contribution in [0.25, 0.3) is 0 Å². The van der Waals surface area contributed by atoms with Gasteiger partial charge in [0, 0.05) is 30.9 Å². The fourth-order valence-corrected chi connectivity index (χ4v) is 2.21. The predicted molar refractivity (Wildman–Crippen MR) is 83.9 cm³/mol. The van der Waals surface area contributed by atoms with Crippen LogP contribution in [-0.2, 0) is 16.0 Å². The summed E-state index contributed by atoms with van der Waals surface area (Å²) < 4.78 is 5.02. The van der Waals surface area contributed by atoms with E-state index in [0.717, 1.165) is 18.7 Å². The number of pyridine rings is 1. The lowest BCUT2D eigenvalue weighted by Crippen LogP contribution is -2.50. The zero-order valence-corrected chi connectivity index (χ0v) is 13.5. The molecule has 0 aliphatic carbocycles. The van der Waals surface area contributed by atoms with Gasteiger partial charge in [-0.25, -0.2) is 0 Å². The molecule has 0 bridgehead atoms. The van der Waals surface area contributed by atoms with Gasteiger partial charge < -0.3 is 15.4 Å². The highest BCUT2D eigenvalue weighted by atomic mass is 16.5. The number of ether oxygens (including phenoxy) is 1. The summed E-state index contributed by atoms with van der Waals surface area (Å²) >= 11 is 0. The first-order valence-corrected chi connectivity index (χ1v) is 7.43. The van der Waals surface area contributed by atoms with E-state index in [1.54, 1.807) is 20.0 Å². The molecule has 0 saturated carbocycles. The van der Waals surface area contributed by atoms with Crippen LogP contribution in [-0.4, -0.2) is 47.6 Å². The molecule has 0 aromatic carbocycles. The molecule has 5 nitrogen and oxygen atoms in total. The van der Waals surface area contributed by atoms with Gasteiger partial charge in [0.25, 0.3) is 0 Å². The summed E-state index contributed by atoms with van der Waals surface area (Å²) in [5.41, 5.74) is 6.20. The average molecular weight is 293 g/mol. The molecule has 118 valence electrons. The molecule has 0 aliphatic rings. The number of rotatable bonds is 8. The van der Waals surface area contributed by atoms with Gasteiger partial charge in [0.15, 0.2) is 0 Å². The van der Waals surface area contributed by atoms with Crippen molar-refractivity contribution in [2.75, 3.05) is 20.2 Å². The van der Waals surface area contributed by atoms with E-state index >= 15 is 0 Å². The van der Waals surface area contributed by atoms with Crippen LogP contribution in [0.1, 0.15) is 32.9 Å². The lowest BCUT2D eigenvalue weighted by Gasteiger charge is -2.31. The second-order valence-electron chi connectivity index (χ2n) is 5.74. The van der Waals surface area contributed by atoms with Crippen molar-refractivity contribution in [1.82, 2.24) is 9.88 Å². The summed E-state index contributed by atoms with van der Waals surface area (Å²) in [6, 6.07) is 6.11. The molecule has 0 spiro atoms. The Kier molecular flexibility index (Phi) is 6.78. The van der Waals surface area contributed by atoms with Crippen molar-refractivity contribution in [3.8, 4) is 0 Å². The van der Waals surface area contributed by atoms with Crippen molar-refractivity contribution in [2.24, 2.45) is 5.73 Å². The van der Waals surface area contributed by atoms with E-state index < -0.39 is 5.54 Å². The van der Waals surface area contributed by atoms with E-state index in [2.05, 4.69) is 16.8 Å². The van der Waals surface area contributed by atoms with Crippen molar-refractivity contribution in [1.29, 1.82) is 0 Å². The highest BCUT2D eigenvalue weighted by Gasteiger charge is 2.32. The third-order valence-corrected chi connectivity index (χ3v) is 3.66. The molecule has 1 aromatic heterocycles. The molecule has 0 radical (unpaired) electrons. The molecule has 0 fully saturated rings. The Hall–Kier alpha value is -1.46. The van der Waals surface area contributed by atoms with Crippen LogP contribution in [0.3, 0.4) is 0 Å². The number of esters is 1. The Bertz CT molecular complexity index is 434. The molecule has 2 unspecified atom stereocenters. The number of carbonyl (C=O) groups is 1. The normalized spacial score (nSPS) is 15.5. The fourth-order valence-electron chi connectivity index (χ4n) is 2.21. The zero-order valence-electron chi connectivity index (χ0n) is 13.5. The van der Waals surface area contributed by atoms with Gasteiger partial charge in [-0.3, -0.25) is 9.78 Å². The number of carbonyl (C=O) groups excluding carboxylic acids is 1. The third-order valence-electron chi connectivity index (χ3n) is 3.66. The van der Waals surface area contributed by atoms with E-state index in [1.807, 2.05) is 25.2 Å². The minimum Gasteiger partial charge on any atom is -0.465 e. The molecule has 1 heterocycles. The third kappa shape index (κ3) is 5.81. The molecular formula is C16H27N3O2. The fraction of sp³-hybridized carbons (Fsp3) is 0.625. The largest absolute Gasteiger partial charge is 0.465 e. The van der Waals surface area contributed by atoms with Gasteiger partial charge in [-0.05, 0) is 46.4 Å². The summed E-state index contributed by atoms with van der Waals surface area (Å²) in [6.45, 7) is 6.82. The Morgan fingerprint density at radius 1 is 1.52 bits per heavy atom. The second kappa shape index (κ2) is 8.10. The van der Waals surface area contributed by atoms with Crippen molar-refractivity contribution < 1.29 is 9.53 Å². The molecule has 0 amide bonds. The van der Waals surface area contributed by atoms with Gasteiger partial charge in [0.1, 0.15) is 5.54 Å². The summed E-state index contributed by atoms with van der Waals surface area (Å²) in [7, 11) is 2.04. The lowest BCUT2D eigenvalue weighted by molar-refractivity contribution is -0.149. The van der Waals surface area contributed by atoms with Crippen molar-refractivity contribution in [3.05, 3.63) is 30.1 Å². The standard InChI is InChI=1S/C16H27N3O2/c1-5-21-15(20)16(3,17)12-13(2)19(4)11-9-14-8-6-7-10-18-14/h6-8,10,13H,5,9,11-12,17H2,1-4H3. The van der Waals surface area contributed by atoms with Gasteiger partial charge in [0.05, 0.1) is 6.61 Å². The maximum atomic E-state index is 11.8. The Labute approximate surface area is 127 Å². The highest BCUT2D eigenvalue weighted by molar-refractivity contribution is 5.80. The molecular weight excluding hydrogens is 266 g/mol. The Morgan fingerprint density at radius 3 is 2.81 bits per heavy atom. The maximum Gasteiger partial charge on any atom is 0.325 e. The molecule has 2 N–H and O–H groups in total. The Morgan fingerprint density at radius 2 is 2.24 bits per heavy atom. The first-order chi connectivity index (χ1) is 9.86. The molecule has 1 rings (SSSR count). The van der Waals surface area contributed by atoms with Crippen molar-refractivity contribution in [3.63, 3.8) is 0 Å². The first kappa shape index (κ1) is 17.6. The SMILES string of the molecule is CCOC(=O)C(C)(N)CC(C)N(C)CCc1ccccn1. The van der Waals surface area contributed by atoms with E-state index in [4.69, 9.17) is 10.5 Å². The van der Waals surface area contributed by atoms with Gasteiger partial charge in [0.2, 0.25) is 0 Å². The predicted octanol–water partition coefficient (Wildman–Crippen LogP) is 1.61. The zero-order chi connectivity index (χ0) is 15.9. The second-order valence-corrected chi connectivity index (χ2v) is 5.74. The van der Waals surface area contributed by atoms with Crippen molar-refractivity contribution in [2.45, 2.75) is 45.2 Å². The molecule has 21 heavy (non-hydrogen) atoms. The number of hydrogen-bond acceptors (Lipinski definition) is 5. The minimum absolute atomic E-state index is 0.188. The van der Waals surface area contributed by atoms with E-state index in [1.165, 1.54) is 0 Å². The molecule has 0 saturated heterocycles. The quantitative estimate of drug-likeness (QED) is 0.738. The number of nitrogens with two attached hydrogens (primary N) is 1. The summed E-state index contributed by atoms with van der Waals surface area (Å²) in [4.78, 5) is 18.3. The molecule has 2 atom stereocenters.